The maximum Gasteiger partial charge on any atom is 0.312 e. The molecule has 0 amide bonds. The Morgan fingerprint density at radius 3 is 2.55 bits per heavy atom. The molecule has 0 aliphatic carbocycles. The number of benzene rings is 1. The summed E-state index contributed by atoms with van der Waals surface area (Å²) in [6.07, 6.45) is 3.26. The van der Waals surface area contributed by atoms with Gasteiger partial charge in [0.25, 0.3) is 0 Å². The zero-order chi connectivity index (χ0) is 14.4. The smallest absolute Gasteiger partial charge is 0.312 e. The highest BCUT2D eigenvalue weighted by Crippen LogP contribution is 2.37. The Morgan fingerprint density at radius 1 is 1.30 bits per heavy atom. The summed E-state index contributed by atoms with van der Waals surface area (Å²) in [5, 5.41) is 0. The summed E-state index contributed by atoms with van der Waals surface area (Å²) in [5.41, 5.74) is 0.893. The van der Waals surface area contributed by atoms with Gasteiger partial charge in [-0.2, -0.15) is 0 Å². The number of carbonyl (C=O) groups excluding carboxylic acids is 1. The van der Waals surface area contributed by atoms with Gasteiger partial charge in [0.15, 0.2) is 0 Å². The highest BCUT2D eigenvalue weighted by atomic mass is 79.9. The zero-order valence-electron chi connectivity index (χ0n) is 11.9. The number of carbonyl (C=O) groups is 1. The van der Waals surface area contributed by atoms with Crippen LogP contribution in [0.5, 0.6) is 0 Å². The third-order valence-electron chi connectivity index (χ3n) is 3.96. The largest absolute Gasteiger partial charge is 0.466 e. The monoisotopic (exact) mass is 340 g/mol. The number of hydrogen-bond donors (Lipinski definition) is 0. The Morgan fingerprint density at radius 2 is 1.95 bits per heavy atom. The van der Waals surface area contributed by atoms with Crippen LogP contribution in [0.3, 0.4) is 0 Å². The lowest BCUT2D eigenvalue weighted by Crippen LogP contribution is -2.39. The zero-order valence-corrected chi connectivity index (χ0v) is 13.4. The summed E-state index contributed by atoms with van der Waals surface area (Å²) in [4.78, 5) is 12.3. The summed E-state index contributed by atoms with van der Waals surface area (Å²) >= 11 is 3.44. The van der Waals surface area contributed by atoms with Crippen molar-refractivity contribution in [1.29, 1.82) is 0 Å². The van der Waals surface area contributed by atoms with E-state index in [4.69, 9.17) is 9.47 Å². The fourth-order valence-corrected chi connectivity index (χ4v) is 2.90. The van der Waals surface area contributed by atoms with Gasteiger partial charge in [0.05, 0.1) is 12.0 Å². The van der Waals surface area contributed by atoms with Crippen LogP contribution < -0.4 is 0 Å². The van der Waals surface area contributed by atoms with Crippen molar-refractivity contribution < 1.29 is 14.3 Å². The second-order valence-corrected chi connectivity index (χ2v) is 6.16. The molecule has 1 aromatic carbocycles. The molecule has 1 heterocycles. The quantitative estimate of drug-likeness (QED) is 0.766. The van der Waals surface area contributed by atoms with Crippen LogP contribution in [-0.2, 0) is 20.7 Å². The fourth-order valence-electron chi connectivity index (χ4n) is 2.64. The van der Waals surface area contributed by atoms with E-state index in [2.05, 4.69) is 28.1 Å². The van der Waals surface area contributed by atoms with Crippen LogP contribution in [0, 0.1) is 5.41 Å². The predicted molar refractivity (Wildman–Crippen MR) is 81.6 cm³/mol. The van der Waals surface area contributed by atoms with Gasteiger partial charge < -0.3 is 9.47 Å². The summed E-state index contributed by atoms with van der Waals surface area (Å²) in [5.74, 6) is -0.0552. The molecule has 0 N–H and O–H groups in total. The van der Waals surface area contributed by atoms with E-state index in [9.17, 15) is 4.79 Å². The standard InChI is InChI=1S/C16H21BrO3/c1-2-20-15(18)16(9-11-19-12-10-16)8-7-13-3-5-14(17)6-4-13/h3-6H,2,7-12H2,1H3. The van der Waals surface area contributed by atoms with E-state index in [0.717, 1.165) is 30.2 Å². The molecule has 0 radical (unpaired) electrons. The first-order valence-electron chi connectivity index (χ1n) is 7.16. The molecule has 4 heteroatoms. The minimum Gasteiger partial charge on any atom is -0.466 e. The lowest BCUT2D eigenvalue weighted by atomic mass is 9.75. The molecule has 1 aromatic rings. The molecule has 1 saturated heterocycles. The first-order valence-corrected chi connectivity index (χ1v) is 7.95. The van der Waals surface area contributed by atoms with Crippen molar-refractivity contribution in [2.45, 2.75) is 32.6 Å². The molecule has 0 atom stereocenters. The van der Waals surface area contributed by atoms with Gasteiger partial charge in [-0.1, -0.05) is 28.1 Å². The molecule has 20 heavy (non-hydrogen) atoms. The maximum atomic E-state index is 12.3. The van der Waals surface area contributed by atoms with Crippen molar-refractivity contribution in [3.63, 3.8) is 0 Å². The first-order chi connectivity index (χ1) is 9.66. The Balaban J connectivity index is 2.03. The van der Waals surface area contributed by atoms with Crippen LogP contribution in [0.25, 0.3) is 0 Å². The Labute approximate surface area is 128 Å². The number of hydrogen-bond acceptors (Lipinski definition) is 3. The van der Waals surface area contributed by atoms with E-state index in [1.807, 2.05) is 19.1 Å². The molecule has 0 unspecified atom stereocenters. The van der Waals surface area contributed by atoms with E-state index >= 15 is 0 Å². The highest BCUT2D eigenvalue weighted by molar-refractivity contribution is 9.10. The van der Waals surface area contributed by atoms with Gasteiger partial charge in [0, 0.05) is 17.7 Å². The summed E-state index contributed by atoms with van der Waals surface area (Å²) in [7, 11) is 0. The van der Waals surface area contributed by atoms with Gasteiger partial charge in [-0.15, -0.1) is 0 Å². The van der Waals surface area contributed by atoms with E-state index in [1.54, 1.807) is 0 Å². The van der Waals surface area contributed by atoms with Crippen LogP contribution in [-0.4, -0.2) is 25.8 Å². The van der Waals surface area contributed by atoms with Crippen LogP contribution in [0.2, 0.25) is 0 Å². The molecule has 1 aliphatic heterocycles. The molecule has 110 valence electrons. The average molecular weight is 341 g/mol. The molecule has 0 aromatic heterocycles. The summed E-state index contributed by atoms with van der Waals surface area (Å²) in [6, 6.07) is 8.28. The molecule has 0 spiro atoms. The third kappa shape index (κ3) is 3.83. The van der Waals surface area contributed by atoms with Crippen molar-refractivity contribution in [3.05, 3.63) is 34.3 Å². The lowest BCUT2D eigenvalue weighted by molar-refractivity contribution is -0.162. The molecule has 0 saturated carbocycles. The Hall–Kier alpha value is -0.870. The van der Waals surface area contributed by atoms with Gasteiger partial charge in [0.2, 0.25) is 0 Å². The third-order valence-corrected chi connectivity index (χ3v) is 4.49. The Bertz CT molecular complexity index is 436. The van der Waals surface area contributed by atoms with Crippen molar-refractivity contribution >= 4 is 21.9 Å². The Kier molecular flexibility index (Phi) is 5.61. The van der Waals surface area contributed by atoms with Crippen molar-refractivity contribution in [1.82, 2.24) is 0 Å². The SMILES string of the molecule is CCOC(=O)C1(CCc2ccc(Br)cc2)CCOCC1. The number of esters is 1. The van der Waals surface area contributed by atoms with E-state index in [0.29, 0.717) is 19.8 Å². The van der Waals surface area contributed by atoms with Crippen molar-refractivity contribution in [2.24, 2.45) is 5.41 Å². The number of aryl methyl sites for hydroxylation is 1. The molecule has 1 aliphatic rings. The van der Waals surface area contributed by atoms with Gasteiger partial charge >= 0.3 is 5.97 Å². The maximum absolute atomic E-state index is 12.3. The van der Waals surface area contributed by atoms with Crippen LogP contribution in [0.4, 0.5) is 0 Å². The first kappa shape index (κ1) is 15.5. The minimum absolute atomic E-state index is 0.0552. The lowest BCUT2D eigenvalue weighted by Gasteiger charge is -2.34. The van der Waals surface area contributed by atoms with Gasteiger partial charge in [-0.3, -0.25) is 4.79 Å². The van der Waals surface area contributed by atoms with Gasteiger partial charge in [0.1, 0.15) is 0 Å². The second kappa shape index (κ2) is 7.23. The molecule has 2 rings (SSSR count). The summed E-state index contributed by atoms with van der Waals surface area (Å²) < 4.78 is 11.8. The van der Waals surface area contributed by atoms with Crippen molar-refractivity contribution in [3.8, 4) is 0 Å². The number of ether oxygens (including phenoxy) is 2. The predicted octanol–water partition coefficient (Wildman–Crippen LogP) is 3.74. The topological polar surface area (TPSA) is 35.5 Å². The highest BCUT2D eigenvalue weighted by Gasteiger charge is 2.40. The van der Waals surface area contributed by atoms with Crippen LogP contribution >= 0.6 is 15.9 Å². The minimum atomic E-state index is -0.360. The molecular weight excluding hydrogens is 320 g/mol. The van der Waals surface area contributed by atoms with E-state index < -0.39 is 0 Å². The van der Waals surface area contributed by atoms with Crippen LogP contribution in [0.1, 0.15) is 31.7 Å². The van der Waals surface area contributed by atoms with Gasteiger partial charge in [-0.05, 0) is 50.3 Å². The van der Waals surface area contributed by atoms with Crippen molar-refractivity contribution in [2.75, 3.05) is 19.8 Å². The summed E-state index contributed by atoms with van der Waals surface area (Å²) in [6.45, 7) is 3.61. The molecule has 0 bridgehead atoms. The van der Waals surface area contributed by atoms with Gasteiger partial charge in [-0.25, -0.2) is 0 Å². The molecule has 1 fully saturated rings. The fraction of sp³-hybridized carbons (Fsp3) is 0.562. The second-order valence-electron chi connectivity index (χ2n) is 5.24. The number of rotatable bonds is 5. The molecular formula is C16H21BrO3. The average Bonchev–Trinajstić information content (AvgIpc) is 2.48. The molecule has 3 nitrogen and oxygen atoms in total. The normalized spacial score (nSPS) is 17.7. The van der Waals surface area contributed by atoms with E-state index in [-0.39, 0.29) is 11.4 Å². The van der Waals surface area contributed by atoms with E-state index in [1.165, 1.54) is 5.56 Å². The number of halogens is 1. The van der Waals surface area contributed by atoms with Crippen LogP contribution in [0.15, 0.2) is 28.7 Å².